The Balaban J connectivity index is 1.64. The van der Waals surface area contributed by atoms with Crippen LogP contribution in [-0.4, -0.2) is 15.9 Å². The molecule has 0 spiro atoms. The molecule has 0 aliphatic rings. The number of nitrogens with zero attached hydrogens (tertiary/aromatic N) is 2. The van der Waals surface area contributed by atoms with Gasteiger partial charge in [0.05, 0.1) is 6.61 Å². The quantitative estimate of drug-likeness (QED) is 0.745. The average molecular weight is 279 g/mol. The van der Waals surface area contributed by atoms with E-state index in [-0.39, 0.29) is 5.69 Å². The van der Waals surface area contributed by atoms with Crippen molar-refractivity contribution in [3.05, 3.63) is 72.1 Å². The van der Waals surface area contributed by atoms with Crippen molar-refractivity contribution in [1.82, 2.24) is 15.4 Å². The molecule has 3 rings (SSSR count). The summed E-state index contributed by atoms with van der Waals surface area (Å²) in [5.74, 6) is -0.390. The summed E-state index contributed by atoms with van der Waals surface area (Å²) in [6.45, 7) is 0.304. The van der Waals surface area contributed by atoms with Crippen LogP contribution in [-0.2, 0) is 11.4 Å². The topological polar surface area (TPSA) is 64.1 Å². The summed E-state index contributed by atoms with van der Waals surface area (Å²) in [4.78, 5) is 25.5. The van der Waals surface area contributed by atoms with Crippen molar-refractivity contribution in [2.75, 3.05) is 0 Å². The fourth-order valence-corrected chi connectivity index (χ4v) is 1.89. The highest BCUT2D eigenvalue weighted by atomic mass is 16.6. The van der Waals surface area contributed by atoms with Crippen LogP contribution >= 0.6 is 0 Å². The van der Waals surface area contributed by atoms with Crippen molar-refractivity contribution in [1.29, 1.82) is 0 Å². The van der Waals surface area contributed by atoms with Gasteiger partial charge in [-0.05, 0) is 29.8 Å². The van der Waals surface area contributed by atoms with Crippen LogP contribution in [0.25, 0.3) is 11.0 Å². The second-order valence-electron chi connectivity index (χ2n) is 4.45. The monoisotopic (exact) mass is 279 g/mol. The zero-order valence-corrected chi connectivity index (χ0v) is 11.2. The highest BCUT2D eigenvalue weighted by molar-refractivity contribution is 5.93. The lowest BCUT2D eigenvalue weighted by molar-refractivity contribution is 0.0229. The molecule has 0 aliphatic carbocycles. The molecule has 2 heterocycles. The molecule has 1 aromatic carbocycles. The van der Waals surface area contributed by atoms with Crippen molar-refractivity contribution in [2.24, 2.45) is 0 Å². The molecule has 0 saturated heterocycles. The third kappa shape index (κ3) is 3.21. The lowest BCUT2D eigenvalue weighted by Gasteiger charge is -2.06. The first kappa shape index (κ1) is 13.2. The van der Waals surface area contributed by atoms with E-state index in [0.717, 1.165) is 10.9 Å². The lowest BCUT2D eigenvalue weighted by Crippen LogP contribution is -2.24. The van der Waals surface area contributed by atoms with Crippen LogP contribution in [0.5, 0.6) is 0 Å². The normalized spacial score (nSPS) is 10.5. The number of nitrogens with one attached hydrogen (secondary N) is 1. The molecule has 0 atom stereocenters. The summed E-state index contributed by atoms with van der Waals surface area (Å²) in [5.41, 5.74) is 4.17. The van der Waals surface area contributed by atoms with E-state index in [1.807, 2.05) is 42.5 Å². The van der Waals surface area contributed by atoms with Crippen LogP contribution < -0.4 is 5.48 Å². The smallest absolute Gasteiger partial charge is 0.269 e. The molecule has 104 valence electrons. The number of hydrogen-bond donors (Lipinski definition) is 1. The maximum absolute atomic E-state index is 12.0. The van der Waals surface area contributed by atoms with Gasteiger partial charge < -0.3 is 0 Å². The van der Waals surface area contributed by atoms with Crippen molar-refractivity contribution in [3.8, 4) is 0 Å². The number of amides is 1. The fraction of sp³-hybridized carbons (Fsp3) is 0.0625. The van der Waals surface area contributed by atoms with Gasteiger partial charge in [-0.3, -0.25) is 9.63 Å². The van der Waals surface area contributed by atoms with Crippen molar-refractivity contribution < 1.29 is 9.63 Å². The number of hydrogen-bond acceptors (Lipinski definition) is 4. The Hall–Kier alpha value is -2.79. The van der Waals surface area contributed by atoms with E-state index >= 15 is 0 Å². The minimum atomic E-state index is -0.390. The molecule has 0 aliphatic heterocycles. The van der Waals surface area contributed by atoms with Crippen LogP contribution in [0, 0.1) is 0 Å². The number of hydroxylamine groups is 1. The van der Waals surface area contributed by atoms with E-state index < -0.39 is 5.91 Å². The van der Waals surface area contributed by atoms with E-state index in [2.05, 4.69) is 15.4 Å². The number of rotatable bonds is 4. The first-order valence-corrected chi connectivity index (χ1v) is 6.51. The van der Waals surface area contributed by atoms with Crippen LogP contribution in [0.1, 0.15) is 16.1 Å². The Morgan fingerprint density at radius 1 is 1.05 bits per heavy atom. The van der Waals surface area contributed by atoms with Gasteiger partial charge in [0.1, 0.15) is 5.69 Å². The number of pyridine rings is 2. The van der Waals surface area contributed by atoms with Crippen molar-refractivity contribution in [2.45, 2.75) is 6.61 Å². The molecule has 0 bridgehead atoms. The molecular weight excluding hydrogens is 266 g/mol. The van der Waals surface area contributed by atoms with E-state index in [1.165, 1.54) is 0 Å². The zero-order chi connectivity index (χ0) is 14.5. The number of fused-ring (bicyclic) bond motifs is 1. The van der Waals surface area contributed by atoms with Crippen LogP contribution in [0.15, 0.2) is 60.8 Å². The molecule has 3 aromatic rings. The van der Waals surface area contributed by atoms with Gasteiger partial charge in [-0.25, -0.2) is 15.4 Å². The Bertz CT molecular complexity index is 760. The van der Waals surface area contributed by atoms with Gasteiger partial charge in [0, 0.05) is 11.6 Å². The van der Waals surface area contributed by atoms with E-state index in [4.69, 9.17) is 4.84 Å². The van der Waals surface area contributed by atoms with Crippen LogP contribution in [0.3, 0.4) is 0 Å². The first-order valence-electron chi connectivity index (χ1n) is 6.51. The van der Waals surface area contributed by atoms with E-state index in [9.17, 15) is 4.79 Å². The van der Waals surface area contributed by atoms with Gasteiger partial charge in [0.25, 0.3) is 5.91 Å². The molecule has 1 amide bonds. The molecule has 0 radical (unpaired) electrons. The number of benzene rings is 1. The largest absolute Gasteiger partial charge is 0.293 e. The lowest BCUT2D eigenvalue weighted by atomic mass is 10.2. The Kier molecular flexibility index (Phi) is 3.84. The van der Waals surface area contributed by atoms with Gasteiger partial charge in [0.2, 0.25) is 0 Å². The predicted molar refractivity (Wildman–Crippen MR) is 78.2 cm³/mol. The minimum Gasteiger partial charge on any atom is -0.269 e. The summed E-state index contributed by atoms with van der Waals surface area (Å²) in [6.07, 6.45) is 1.64. The molecule has 2 aromatic heterocycles. The molecular formula is C16H13N3O2. The number of carbonyl (C=O) groups is 1. The Morgan fingerprint density at radius 3 is 2.76 bits per heavy atom. The molecule has 0 unspecified atom stereocenters. The standard InChI is InChI=1S/C16H13N3O2/c20-16(19-21-11-12-5-2-1-3-6-12)14-9-8-13-7-4-10-17-15(13)18-14/h1-10H,11H2,(H,19,20). The summed E-state index contributed by atoms with van der Waals surface area (Å²) in [6, 6.07) is 16.8. The average Bonchev–Trinajstić information content (AvgIpc) is 2.55. The van der Waals surface area contributed by atoms with Crippen LogP contribution in [0.4, 0.5) is 0 Å². The SMILES string of the molecule is O=C(NOCc1ccccc1)c1ccc2cccnc2n1. The minimum absolute atomic E-state index is 0.272. The molecule has 0 fully saturated rings. The predicted octanol–water partition coefficient (Wildman–Crippen LogP) is 2.49. The van der Waals surface area contributed by atoms with Crippen molar-refractivity contribution >= 4 is 16.9 Å². The Morgan fingerprint density at radius 2 is 1.90 bits per heavy atom. The summed E-state index contributed by atoms with van der Waals surface area (Å²) in [7, 11) is 0. The summed E-state index contributed by atoms with van der Waals surface area (Å²) in [5, 5.41) is 0.888. The van der Waals surface area contributed by atoms with Crippen molar-refractivity contribution in [3.63, 3.8) is 0 Å². The molecule has 0 saturated carbocycles. The fourth-order valence-electron chi connectivity index (χ4n) is 1.89. The molecule has 21 heavy (non-hydrogen) atoms. The third-order valence-electron chi connectivity index (χ3n) is 2.94. The number of carbonyl (C=O) groups excluding carboxylic acids is 1. The maximum atomic E-state index is 12.0. The maximum Gasteiger partial charge on any atom is 0.293 e. The molecule has 5 heteroatoms. The summed E-state index contributed by atoms with van der Waals surface area (Å²) < 4.78 is 0. The molecule has 1 N–H and O–H groups in total. The zero-order valence-electron chi connectivity index (χ0n) is 11.2. The molecule has 5 nitrogen and oxygen atoms in total. The second kappa shape index (κ2) is 6.11. The van der Waals surface area contributed by atoms with Crippen LogP contribution in [0.2, 0.25) is 0 Å². The highest BCUT2D eigenvalue weighted by Crippen LogP contribution is 2.09. The highest BCUT2D eigenvalue weighted by Gasteiger charge is 2.08. The second-order valence-corrected chi connectivity index (χ2v) is 4.45. The van der Waals surface area contributed by atoms with Gasteiger partial charge in [-0.1, -0.05) is 30.3 Å². The number of aromatic nitrogens is 2. The van der Waals surface area contributed by atoms with Gasteiger partial charge in [-0.15, -0.1) is 0 Å². The summed E-state index contributed by atoms with van der Waals surface area (Å²) >= 11 is 0. The van der Waals surface area contributed by atoms with E-state index in [0.29, 0.717) is 12.3 Å². The van der Waals surface area contributed by atoms with Gasteiger partial charge in [0.15, 0.2) is 5.65 Å². The first-order chi connectivity index (χ1) is 10.3. The third-order valence-corrected chi connectivity index (χ3v) is 2.94. The Labute approximate surface area is 121 Å². The van der Waals surface area contributed by atoms with Gasteiger partial charge >= 0.3 is 0 Å². The van der Waals surface area contributed by atoms with Gasteiger partial charge in [-0.2, -0.15) is 0 Å². The van der Waals surface area contributed by atoms with E-state index in [1.54, 1.807) is 18.3 Å².